The number of ether oxygens (including phenoxy) is 1. The molecule has 1 aliphatic heterocycles. The first-order valence-corrected chi connectivity index (χ1v) is 8.99. The summed E-state index contributed by atoms with van der Waals surface area (Å²) in [7, 11) is 1.95. The van der Waals surface area contributed by atoms with E-state index in [1.54, 1.807) is 12.4 Å². The third-order valence-electron chi connectivity index (χ3n) is 4.91. The summed E-state index contributed by atoms with van der Waals surface area (Å²) in [4.78, 5) is 11.2. The van der Waals surface area contributed by atoms with Crippen LogP contribution in [0.3, 0.4) is 0 Å². The van der Waals surface area contributed by atoms with Crippen LogP contribution in [0, 0.1) is 0 Å². The summed E-state index contributed by atoms with van der Waals surface area (Å²) >= 11 is 0. The SMILES string of the molecule is C[C@@H]1c2ncc(CCOc3cccnc3)n2CCN1Cc1cnn(C)c1. The molecule has 0 unspecified atom stereocenters. The van der Waals surface area contributed by atoms with Gasteiger partial charge in [0.15, 0.2) is 0 Å². The van der Waals surface area contributed by atoms with E-state index in [9.17, 15) is 0 Å². The number of hydrogen-bond acceptors (Lipinski definition) is 5. The normalized spacial score (nSPS) is 17.2. The Labute approximate surface area is 153 Å². The van der Waals surface area contributed by atoms with Gasteiger partial charge in [0, 0.05) is 63.0 Å². The third-order valence-corrected chi connectivity index (χ3v) is 4.91. The predicted octanol–water partition coefficient (Wildman–Crippen LogP) is 2.21. The topological polar surface area (TPSA) is 61.0 Å². The molecule has 0 aliphatic carbocycles. The van der Waals surface area contributed by atoms with Crippen molar-refractivity contribution < 1.29 is 4.74 Å². The van der Waals surface area contributed by atoms with E-state index >= 15 is 0 Å². The molecule has 0 amide bonds. The molecule has 0 saturated carbocycles. The van der Waals surface area contributed by atoms with Crippen LogP contribution in [0.1, 0.15) is 30.0 Å². The zero-order valence-corrected chi connectivity index (χ0v) is 15.2. The summed E-state index contributed by atoms with van der Waals surface area (Å²) in [6.07, 6.45) is 10.3. The van der Waals surface area contributed by atoms with E-state index in [1.807, 2.05) is 36.3 Å². The number of nitrogens with zero attached hydrogens (tertiary/aromatic N) is 6. The van der Waals surface area contributed by atoms with Crippen molar-refractivity contribution in [2.75, 3.05) is 13.2 Å². The van der Waals surface area contributed by atoms with Crippen LogP contribution in [-0.2, 0) is 26.6 Å². The van der Waals surface area contributed by atoms with Gasteiger partial charge >= 0.3 is 0 Å². The second-order valence-corrected chi connectivity index (χ2v) is 6.72. The van der Waals surface area contributed by atoms with Gasteiger partial charge in [-0.1, -0.05) is 0 Å². The molecule has 0 spiro atoms. The minimum atomic E-state index is 0.289. The Kier molecular flexibility index (Phi) is 4.71. The largest absolute Gasteiger partial charge is 0.492 e. The van der Waals surface area contributed by atoms with Crippen molar-refractivity contribution in [1.29, 1.82) is 0 Å². The molecule has 0 aromatic carbocycles. The first kappa shape index (κ1) is 16.8. The van der Waals surface area contributed by atoms with E-state index in [0.717, 1.165) is 37.6 Å². The monoisotopic (exact) mass is 352 g/mol. The molecule has 0 saturated heterocycles. The maximum Gasteiger partial charge on any atom is 0.137 e. The van der Waals surface area contributed by atoms with Gasteiger partial charge in [-0.25, -0.2) is 4.98 Å². The van der Waals surface area contributed by atoms with Crippen molar-refractivity contribution in [1.82, 2.24) is 29.2 Å². The van der Waals surface area contributed by atoms with Crippen molar-refractivity contribution in [2.24, 2.45) is 7.05 Å². The molecule has 136 valence electrons. The Balaban J connectivity index is 1.39. The lowest BCUT2D eigenvalue weighted by Gasteiger charge is -2.34. The Morgan fingerprint density at radius 2 is 2.15 bits per heavy atom. The van der Waals surface area contributed by atoms with Crippen LogP contribution in [-0.4, -0.2) is 42.4 Å². The summed E-state index contributed by atoms with van der Waals surface area (Å²) in [5.74, 6) is 1.94. The van der Waals surface area contributed by atoms with Crippen molar-refractivity contribution in [3.8, 4) is 5.75 Å². The molecule has 1 aliphatic rings. The van der Waals surface area contributed by atoms with Gasteiger partial charge in [-0.15, -0.1) is 0 Å². The number of rotatable bonds is 6. The Hall–Kier alpha value is -2.67. The number of imidazole rings is 1. The molecule has 0 N–H and O–H groups in total. The second-order valence-electron chi connectivity index (χ2n) is 6.72. The van der Waals surface area contributed by atoms with Gasteiger partial charge in [0.2, 0.25) is 0 Å². The van der Waals surface area contributed by atoms with Gasteiger partial charge in [0.05, 0.1) is 25.0 Å². The van der Waals surface area contributed by atoms with Crippen LogP contribution >= 0.6 is 0 Å². The Morgan fingerprint density at radius 1 is 1.23 bits per heavy atom. The maximum absolute atomic E-state index is 5.78. The predicted molar refractivity (Wildman–Crippen MR) is 97.7 cm³/mol. The van der Waals surface area contributed by atoms with E-state index in [-0.39, 0.29) is 6.04 Å². The van der Waals surface area contributed by atoms with Crippen LogP contribution in [0.4, 0.5) is 0 Å². The quantitative estimate of drug-likeness (QED) is 0.681. The molecule has 3 aromatic heterocycles. The lowest BCUT2D eigenvalue weighted by molar-refractivity contribution is 0.154. The number of aryl methyl sites for hydroxylation is 1. The molecule has 7 nitrogen and oxygen atoms in total. The molecule has 0 bridgehead atoms. The second kappa shape index (κ2) is 7.29. The van der Waals surface area contributed by atoms with E-state index in [4.69, 9.17) is 9.72 Å². The van der Waals surface area contributed by atoms with Gasteiger partial charge in [-0.2, -0.15) is 5.10 Å². The zero-order chi connectivity index (χ0) is 17.9. The minimum absolute atomic E-state index is 0.289. The van der Waals surface area contributed by atoms with E-state index < -0.39 is 0 Å². The Morgan fingerprint density at radius 3 is 2.92 bits per heavy atom. The molecular formula is C19H24N6O. The van der Waals surface area contributed by atoms with E-state index in [0.29, 0.717) is 6.61 Å². The molecular weight excluding hydrogens is 328 g/mol. The number of fused-ring (bicyclic) bond motifs is 1. The molecule has 0 fully saturated rings. The van der Waals surface area contributed by atoms with Crippen molar-refractivity contribution in [2.45, 2.75) is 32.5 Å². The summed E-state index contributed by atoms with van der Waals surface area (Å²) in [5, 5.41) is 4.27. The molecule has 3 aromatic rings. The van der Waals surface area contributed by atoms with Gasteiger partial charge in [-0.05, 0) is 19.1 Å². The average molecular weight is 352 g/mol. The summed E-state index contributed by atoms with van der Waals surface area (Å²) in [6, 6.07) is 4.10. The first-order valence-electron chi connectivity index (χ1n) is 8.99. The lowest BCUT2D eigenvalue weighted by atomic mass is 10.2. The van der Waals surface area contributed by atoms with Gasteiger partial charge in [0.25, 0.3) is 0 Å². The Bertz CT molecular complexity index is 856. The van der Waals surface area contributed by atoms with Crippen molar-refractivity contribution in [3.63, 3.8) is 0 Å². The standard InChI is InChI=1S/C19H24N6O/c1-15-19-21-11-17(5-9-26-18-4-3-6-20-12-18)25(19)8-7-24(15)14-16-10-22-23(2)13-16/h3-4,6,10-13,15H,5,7-9,14H2,1-2H3/t15-/m1/s1. The van der Waals surface area contributed by atoms with Crippen LogP contribution < -0.4 is 4.74 Å². The fraction of sp³-hybridized carbons (Fsp3) is 0.421. The molecule has 7 heteroatoms. The van der Waals surface area contributed by atoms with Gasteiger partial charge in [0.1, 0.15) is 11.6 Å². The maximum atomic E-state index is 5.78. The molecule has 26 heavy (non-hydrogen) atoms. The molecule has 4 rings (SSSR count). The summed E-state index contributed by atoms with van der Waals surface area (Å²) < 4.78 is 9.97. The summed E-state index contributed by atoms with van der Waals surface area (Å²) in [6.45, 7) is 5.73. The highest BCUT2D eigenvalue weighted by atomic mass is 16.5. The van der Waals surface area contributed by atoms with Crippen LogP contribution in [0.25, 0.3) is 0 Å². The molecule has 1 atom stereocenters. The van der Waals surface area contributed by atoms with Crippen LogP contribution in [0.15, 0.2) is 43.1 Å². The average Bonchev–Trinajstić information content (AvgIpc) is 3.25. The fourth-order valence-electron chi connectivity index (χ4n) is 3.51. The highest BCUT2D eigenvalue weighted by Gasteiger charge is 2.27. The van der Waals surface area contributed by atoms with Gasteiger partial charge in [-0.3, -0.25) is 14.6 Å². The number of hydrogen-bond donors (Lipinski definition) is 0. The highest BCUT2D eigenvalue weighted by Crippen LogP contribution is 2.27. The zero-order valence-electron chi connectivity index (χ0n) is 15.2. The highest BCUT2D eigenvalue weighted by molar-refractivity contribution is 5.16. The number of aromatic nitrogens is 5. The summed E-state index contributed by atoms with van der Waals surface area (Å²) in [5.41, 5.74) is 2.47. The molecule has 4 heterocycles. The van der Waals surface area contributed by atoms with E-state index in [2.05, 4.69) is 32.7 Å². The van der Waals surface area contributed by atoms with Gasteiger partial charge < -0.3 is 9.30 Å². The smallest absolute Gasteiger partial charge is 0.137 e. The van der Waals surface area contributed by atoms with Crippen molar-refractivity contribution >= 4 is 0 Å². The third kappa shape index (κ3) is 3.48. The van der Waals surface area contributed by atoms with Crippen molar-refractivity contribution in [3.05, 3.63) is 60.2 Å². The minimum Gasteiger partial charge on any atom is -0.492 e. The fourth-order valence-corrected chi connectivity index (χ4v) is 3.51. The molecule has 0 radical (unpaired) electrons. The lowest BCUT2D eigenvalue weighted by Crippen LogP contribution is -2.37. The number of pyridine rings is 1. The van der Waals surface area contributed by atoms with Crippen LogP contribution in [0.5, 0.6) is 5.75 Å². The van der Waals surface area contributed by atoms with E-state index in [1.165, 1.54) is 11.3 Å². The van der Waals surface area contributed by atoms with Crippen LogP contribution in [0.2, 0.25) is 0 Å². The first-order chi connectivity index (χ1) is 12.7.